The standard InChI is InChI=1S/C17H28N2O2/c1-3-17(2)16(21)19(13-8-6-4-5-7-9-13)14(12-10-11-12)15(20)18-17/h12-14H,3-11H2,1-2H3,(H,18,20). The van der Waals surface area contributed by atoms with Crippen LogP contribution < -0.4 is 5.32 Å². The zero-order valence-corrected chi connectivity index (χ0v) is 13.4. The van der Waals surface area contributed by atoms with Gasteiger partial charge in [-0.3, -0.25) is 9.59 Å². The van der Waals surface area contributed by atoms with Crippen LogP contribution in [0.1, 0.15) is 71.6 Å². The van der Waals surface area contributed by atoms with Crippen molar-refractivity contribution in [2.45, 2.75) is 89.3 Å². The van der Waals surface area contributed by atoms with E-state index in [1.54, 1.807) is 0 Å². The predicted molar refractivity (Wildman–Crippen MR) is 81.7 cm³/mol. The molecule has 21 heavy (non-hydrogen) atoms. The van der Waals surface area contributed by atoms with Crippen LogP contribution in [-0.2, 0) is 9.59 Å². The third kappa shape index (κ3) is 2.69. The lowest BCUT2D eigenvalue weighted by Crippen LogP contribution is -2.71. The lowest BCUT2D eigenvalue weighted by molar-refractivity contribution is -0.158. The van der Waals surface area contributed by atoms with Crippen LogP contribution >= 0.6 is 0 Å². The fourth-order valence-corrected chi connectivity index (χ4v) is 3.96. The molecule has 0 bridgehead atoms. The molecule has 1 heterocycles. The molecule has 2 amide bonds. The topological polar surface area (TPSA) is 49.4 Å². The van der Waals surface area contributed by atoms with Crippen molar-refractivity contribution in [3.8, 4) is 0 Å². The molecule has 3 fully saturated rings. The van der Waals surface area contributed by atoms with Crippen molar-refractivity contribution in [2.24, 2.45) is 5.92 Å². The van der Waals surface area contributed by atoms with Gasteiger partial charge in [0.05, 0.1) is 0 Å². The first-order valence-electron chi connectivity index (χ1n) is 8.71. The molecule has 0 radical (unpaired) electrons. The van der Waals surface area contributed by atoms with Crippen molar-refractivity contribution in [3.05, 3.63) is 0 Å². The second-order valence-electron chi connectivity index (χ2n) is 7.31. The second kappa shape index (κ2) is 5.62. The van der Waals surface area contributed by atoms with E-state index in [0.717, 1.165) is 25.7 Å². The van der Waals surface area contributed by atoms with Crippen LogP contribution in [0.4, 0.5) is 0 Å². The predicted octanol–water partition coefficient (Wildman–Crippen LogP) is 2.61. The molecule has 118 valence electrons. The Balaban J connectivity index is 1.89. The Morgan fingerprint density at radius 1 is 1.10 bits per heavy atom. The second-order valence-corrected chi connectivity index (χ2v) is 7.31. The molecule has 2 atom stereocenters. The van der Waals surface area contributed by atoms with Gasteiger partial charge in [-0.15, -0.1) is 0 Å². The van der Waals surface area contributed by atoms with E-state index in [2.05, 4.69) is 5.32 Å². The number of carbonyl (C=O) groups excluding carboxylic acids is 2. The van der Waals surface area contributed by atoms with Gasteiger partial charge in [0.1, 0.15) is 11.6 Å². The molecule has 1 saturated heterocycles. The summed E-state index contributed by atoms with van der Waals surface area (Å²) in [6.07, 6.45) is 9.91. The van der Waals surface area contributed by atoms with Crippen LogP contribution in [0.2, 0.25) is 0 Å². The molecule has 0 aromatic heterocycles. The van der Waals surface area contributed by atoms with Gasteiger partial charge < -0.3 is 10.2 Å². The average molecular weight is 292 g/mol. The van der Waals surface area contributed by atoms with E-state index in [-0.39, 0.29) is 23.9 Å². The smallest absolute Gasteiger partial charge is 0.248 e. The molecule has 2 unspecified atom stereocenters. The first-order chi connectivity index (χ1) is 10.1. The normalized spacial score (nSPS) is 35.5. The van der Waals surface area contributed by atoms with E-state index < -0.39 is 5.54 Å². The maximum absolute atomic E-state index is 13.1. The van der Waals surface area contributed by atoms with Crippen molar-refractivity contribution in [3.63, 3.8) is 0 Å². The molecule has 3 aliphatic rings. The van der Waals surface area contributed by atoms with Crippen molar-refractivity contribution in [2.75, 3.05) is 0 Å². The van der Waals surface area contributed by atoms with Crippen molar-refractivity contribution < 1.29 is 9.59 Å². The maximum Gasteiger partial charge on any atom is 0.248 e. The first-order valence-corrected chi connectivity index (χ1v) is 8.71. The number of hydrogen-bond acceptors (Lipinski definition) is 2. The fraction of sp³-hybridized carbons (Fsp3) is 0.882. The molecule has 4 heteroatoms. The number of nitrogens with zero attached hydrogens (tertiary/aromatic N) is 1. The quantitative estimate of drug-likeness (QED) is 0.813. The Kier molecular flexibility index (Phi) is 3.98. The lowest BCUT2D eigenvalue weighted by Gasteiger charge is -2.47. The highest BCUT2D eigenvalue weighted by Crippen LogP contribution is 2.41. The summed E-state index contributed by atoms with van der Waals surface area (Å²) in [7, 11) is 0. The van der Waals surface area contributed by atoms with Crippen LogP contribution in [0.25, 0.3) is 0 Å². The zero-order valence-electron chi connectivity index (χ0n) is 13.4. The number of hydrogen-bond donors (Lipinski definition) is 1. The van der Waals surface area contributed by atoms with Gasteiger partial charge in [0, 0.05) is 6.04 Å². The Morgan fingerprint density at radius 2 is 1.71 bits per heavy atom. The molecule has 4 nitrogen and oxygen atoms in total. The minimum absolute atomic E-state index is 0.0886. The van der Waals surface area contributed by atoms with Crippen molar-refractivity contribution in [1.29, 1.82) is 0 Å². The Morgan fingerprint density at radius 3 is 2.24 bits per heavy atom. The number of nitrogens with one attached hydrogen (secondary N) is 1. The van der Waals surface area contributed by atoms with Crippen LogP contribution in [0.5, 0.6) is 0 Å². The van der Waals surface area contributed by atoms with Gasteiger partial charge in [-0.1, -0.05) is 32.6 Å². The molecule has 2 aliphatic carbocycles. The molecule has 0 aromatic carbocycles. The lowest BCUT2D eigenvalue weighted by atomic mass is 9.88. The molecule has 0 spiro atoms. The summed E-state index contributed by atoms with van der Waals surface area (Å²) in [5.41, 5.74) is -0.700. The van der Waals surface area contributed by atoms with E-state index in [0.29, 0.717) is 12.3 Å². The van der Waals surface area contributed by atoms with Gasteiger partial charge in [0.25, 0.3) is 0 Å². The molecule has 1 aliphatic heterocycles. The summed E-state index contributed by atoms with van der Waals surface area (Å²) in [5.74, 6) is 0.651. The summed E-state index contributed by atoms with van der Waals surface area (Å²) in [6.45, 7) is 3.88. The van der Waals surface area contributed by atoms with Crippen LogP contribution in [0.3, 0.4) is 0 Å². The Hall–Kier alpha value is -1.06. The molecular formula is C17H28N2O2. The highest BCUT2D eigenvalue weighted by atomic mass is 16.2. The Labute approximate surface area is 127 Å². The highest BCUT2D eigenvalue weighted by molar-refractivity contribution is 6.00. The van der Waals surface area contributed by atoms with Crippen molar-refractivity contribution >= 4 is 11.8 Å². The van der Waals surface area contributed by atoms with Gasteiger partial charge >= 0.3 is 0 Å². The summed E-state index contributed by atoms with van der Waals surface area (Å²) < 4.78 is 0. The number of carbonyl (C=O) groups is 2. The average Bonchev–Trinajstić information content (AvgIpc) is 3.28. The number of piperazine rings is 1. The van der Waals surface area contributed by atoms with E-state index in [1.165, 1.54) is 25.7 Å². The highest BCUT2D eigenvalue weighted by Gasteiger charge is 2.53. The van der Waals surface area contributed by atoms with E-state index in [4.69, 9.17) is 0 Å². The fourth-order valence-electron chi connectivity index (χ4n) is 3.96. The molecule has 3 rings (SSSR count). The third-order valence-electron chi connectivity index (χ3n) is 5.67. The number of rotatable bonds is 3. The van der Waals surface area contributed by atoms with Gasteiger partial charge in [-0.25, -0.2) is 0 Å². The van der Waals surface area contributed by atoms with Crippen LogP contribution in [0.15, 0.2) is 0 Å². The summed E-state index contributed by atoms with van der Waals surface area (Å²) in [5, 5.41) is 3.02. The number of amides is 2. The zero-order chi connectivity index (χ0) is 15.0. The monoisotopic (exact) mass is 292 g/mol. The first kappa shape index (κ1) is 14.9. The molecule has 2 saturated carbocycles. The maximum atomic E-state index is 13.1. The summed E-state index contributed by atoms with van der Waals surface area (Å²) in [6, 6.07) is 0.0859. The van der Waals surface area contributed by atoms with Gasteiger partial charge in [-0.2, -0.15) is 0 Å². The molecule has 1 N–H and O–H groups in total. The third-order valence-corrected chi connectivity index (χ3v) is 5.67. The minimum atomic E-state index is -0.700. The van der Waals surface area contributed by atoms with Gasteiger partial charge in [0.15, 0.2) is 0 Å². The van der Waals surface area contributed by atoms with Crippen LogP contribution in [0, 0.1) is 5.92 Å². The van der Waals surface area contributed by atoms with Gasteiger partial charge in [0.2, 0.25) is 11.8 Å². The molecule has 0 aromatic rings. The van der Waals surface area contributed by atoms with Crippen molar-refractivity contribution in [1.82, 2.24) is 10.2 Å². The van der Waals surface area contributed by atoms with Crippen LogP contribution in [-0.4, -0.2) is 34.3 Å². The molecular weight excluding hydrogens is 264 g/mol. The van der Waals surface area contributed by atoms with E-state index in [1.807, 2.05) is 18.7 Å². The Bertz CT molecular complexity index is 425. The SMILES string of the molecule is CCC1(C)NC(=O)C(C2CC2)N(C2CCCCCC2)C1=O. The van der Waals surface area contributed by atoms with E-state index >= 15 is 0 Å². The largest absolute Gasteiger partial charge is 0.340 e. The van der Waals surface area contributed by atoms with E-state index in [9.17, 15) is 9.59 Å². The summed E-state index contributed by atoms with van der Waals surface area (Å²) in [4.78, 5) is 27.7. The minimum Gasteiger partial charge on any atom is -0.340 e. The summed E-state index contributed by atoms with van der Waals surface area (Å²) >= 11 is 0. The van der Waals surface area contributed by atoms with Gasteiger partial charge in [-0.05, 0) is 44.9 Å².